The Balaban J connectivity index is 2.69. The average molecular weight is 170 g/mol. The van der Waals surface area contributed by atoms with Crippen molar-refractivity contribution in [1.82, 2.24) is 0 Å². The summed E-state index contributed by atoms with van der Waals surface area (Å²) in [5.41, 5.74) is 0. The van der Waals surface area contributed by atoms with E-state index in [4.69, 9.17) is 16.3 Å². The van der Waals surface area contributed by atoms with E-state index in [-0.39, 0.29) is 6.61 Å². The number of ether oxygens (including phenoxy) is 1. The Morgan fingerprint density at radius 2 is 2.18 bits per heavy atom. The molecular formula is C8H6ClO2. The molecule has 0 atom stereocenters. The summed E-state index contributed by atoms with van der Waals surface area (Å²) < 4.78 is 4.93. The normalized spacial score (nSPS) is 9.18. The SMILES string of the molecule is O=[C]COc1ccccc1Cl. The Bertz CT molecular complexity index is 248. The molecule has 0 aliphatic carbocycles. The zero-order chi connectivity index (χ0) is 8.10. The van der Waals surface area contributed by atoms with Crippen molar-refractivity contribution in [2.45, 2.75) is 0 Å². The fourth-order valence-corrected chi connectivity index (χ4v) is 0.859. The quantitative estimate of drug-likeness (QED) is 0.690. The largest absolute Gasteiger partial charge is 0.484 e. The van der Waals surface area contributed by atoms with Crippen molar-refractivity contribution in [3.8, 4) is 5.75 Å². The molecule has 0 heterocycles. The van der Waals surface area contributed by atoms with Crippen LogP contribution in [0.25, 0.3) is 0 Å². The van der Waals surface area contributed by atoms with E-state index in [2.05, 4.69) is 0 Å². The smallest absolute Gasteiger partial charge is 0.239 e. The molecule has 0 aliphatic heterocycles. The van der Waals surface area contributed by atoms with Crippen molar-refractivity contribution in [2.75, 3.05) is 6.61 Å². The third-order valence-corrected chi connectivity index (χ3v) is 1.44. The van der Waals surface area contributed by atoms with Gasteiger partial charge in [0.1, 0.15) is 5.75 Å². The molecule has 3 heteroatoms. The highest BCUT2D eigenvalue weighted by Crippen LogP contribution is 2.22. The van der Waals surface area contributed by atoms with Crippen molar-refractivity contribution >= 4 is 17.9 Å². The molecular weight excluding hydrogens is 164 g/mol. The molecule has 0 amide bonds. The second kappa shape index (κ2) is 3.98. The predicted octanol–water partition coefficient (Wildman–Crippen LogP) is 1.83. The van der Waals surface area contributed by atoms with Gasteiger partial charge in [-0.15, -0.1) is 0 Å². The van der Waals surface area contributed by atoms with Gasteiger partial charge in [0.2, 0.25) is 6.29 Å². The second-order valence-electron chi connectivity index (χ2n) is 1.86. The van der Waals surface area contributed by atoms with Crippen molar-refractivity contribution in [3.63, 3.8) is 0 Å². The highest BCUT2D eigenvalue weighted by Gasteiger charge is 1.97. The first-order valence-corrected chi connectivity index (χ1v) is 3.44. The number of hydrogen-bond donors (Lipinski definition) is 0. The molecule has 57 valence electrons. The van der Waals surface area contributed by atoms with E-state index < -0.39 is 0 Å². The monoisotopic (exact) mass is 169 g/mol. The second-order valence-corrected chi connectivity index (χ2v) is 2.27. The summed E-state index contributed by atoms with van der Waals surface area (Å²) in [4.78, 5) is 9.80. The third kappa shape index (κ3) is 2.24. The maximum absolute atomic E-state index is 9.80. The van der Waals surface area contributed by atoms with Crippen LogP contribution in [-0.2, 0) is 4.79 Å². The van der Waals surface area contributed by atoms with Crippen molar-refractivity contribution in [1.29, 1.82) is 0 Å². The van der Waals surface area contributed by atoms with Crippen LogP contribution in [0.4, 0.5) is 0 Å². The van der Waals surface area contributed by atoms with E-state index in [1.54, 1.807) is 30.6 Å². The van der Waals surface area contributed by atoms with Crippen molar-refractivity contribution < 1.29 is 9.53 Å². The molecule has 0 fully saturated rings. The minimum absolute atomic E-state index is 0.0796. The van der Waals surface area contributed by atoms with E-state index in [9.17, 15) is 4.79 Å². The van der Waals surface area contributed by atoms with Gasteiger partial charge in [-0.3, -0.25) is 4.79 Å². The van der Waals surface area contributed by atoms with Gasteiger partial charge in [-0.05, 0) is 12.1 Å². The first-order valence-electron chi connectivity index (χ1n) is 3.07. The number of rotatable bonds is 3. The number of hydrogen-bond acceptors (Lipinski definition) is 2. The molecule has 1 aromatic carbocycles. The molecule has 1 aromatic rings. The number of carbonyl (C=O) groups excluding carboxylic acids is 1. The van der Waals surface area contributed by atoms with E-state index in [0.29, 0.717) is 10.8 Å². The molecule has 0 aliphatic rings. The molecule has 0 N–H and O–H groups in total. The van der Waals surface area contributed by atoms with E-state index in [1.807, 2.05) is 0 Å². The minimum Gasteiger partial charge on any atom is -0.484 e. The van der Waals surface area contributed by atoms with E-state index in [0.717, 1.165) is 0 Å². The first-order chi connectivity index (χ1) is 5.34. The van der Waals surface area contributed by atoms with Gasteiger partial charge in [-0.2, -0.15) is 0 Å². The summed E-state index contributed by atoms with van der Waals surface area (Å²) in [6.45, 7) is -0.0796. The lowest BCUT2D eigenvalue weighted by atomic mass is 10.3. The molecule has 11 heavy (non-hydrogen) atoms. The fraction of sp³-hybridized carbons (Fsp3) is 0.125. The highest BCUT2D eigenvalue weighted by molar-refractivity contribution is 6.32. The lowest BCUT2D eigenvalue weighted by Gasteiger charge is -2.01. The zero-order valence-electron chi connectivity index (χ0n) is 5.71. The zero-order valence-corrected chi connectivity index (χ0v) is 6.47. The standard InChI is InChI=1S/C8H6ClO2/c9-7-3-1-2-4-8(7)11-6-5-10/h1-4H,6H2. The molecule has 0 bridgehead atoms. The average Bonchev–Trinajstić information content (AvgIpc) is 2.03. The summed E-state index contributed by atoms with van der Waals surface area (Å²) in [5.74, 6) is 0.512. The van der Waals surface area contributed by atoms with Crippen LogP contribution in [-0.4, -0.2) is 12.9 Å². The number of benzene rings is 1. The van der Waals surface area contributed by atoms with Gasteiger partial charge in [-0.1, -0.05) is 23.7 Å². The Morgan fingerprint density at radius 1 is 1.45 bits per heavy atom. The Labute approximate surface area is 69.7 Å². The predicted molar refractivity (Wildman–Crippen MR) is 42.6 cm³/mol. The van der Waals surface area contributed by atoms with Crippen molar-refractivity contribution in [3.05, 3.63) is 29.3 Å². The summed E-state index contributed by atoms with van der Waals surface area (Å²) in [6.07, 6.45) is 1.61. The Morgan fingerprint density at radius 3 is 2.82 bits per heavy atom. The van der Waals surface area contributed by atoms with Crippen LogP contribution >= 0.6 is 11.6 Å². The first kappa shape index (κ1) is 8.08. The molecule has 0 saturated heterocycles. The van der Waals surface area contributed by atoms with Crippen LogP contribution in [0.15, 0.2) is 24.3 Å². The summed E-state index contributed by atoms with van der Waals surface area (Å²) in [6, 6.07) is 6.97. The molecule has 0 unspecified atom stereocenters. The van der Waals surface area contributed by atoms with Crippen LogP contribution in [0.5, 0.6) is 5.75 Å². The highest BCUT2D eigenvalue weighted by atomic mass is 35.5. The summed E-state index contributed by atoms with van der Waals surface area (Å²) in [7, 11) is 0. The topological polar surface area (TPSA) is 26.3 Å². The molecule has 2 nitrogen and oxygen atoms in total. The minimum atomic E-state index is -0.0796. The third-order valence-electron chi connectivity index (χ3n) is 1.12. The molecule has 0 aromatic heterocycles. The van der Waals surface area contributed by atoms with Gasteiger partial charge in [0, 0.05) is 0 Å². The van der Waals surface area contributed by atoms with E-state index >= 15 is 0 Å². The van der Waals surface area contributed by atoms with Crippen LogP contribution in [0.1, 0.15) is 0 Å². The maximum Gasteiger partial charge on any atom is 0.239 e. The number of halogens is 1. The van der Waals surface area contributed by atoms with E-state index in [1.165, 1.54) is 0 Å². The molecule has 0 saturated carbocycles. The van der Waals surface area contributed by atoms with Gasteiger partial charge < -0.3 is 4.74 Å². The fourth-order valence-electron chi connectivity index (χ4n) is 0.669. The Hall–Kier alpha value is -1.02. The van der Waals surface area contributed by atoms with Crippen LogP contribution < -0.4 is 4.74 Å². The van der Waals surface area contributed by atoms with Crippen LogP contribution in [0, 0.1) is 0 Å². The van der Waals surface area contributed by atoms with Gasteiger partial charge >= 0.3 is 0 Å². The lowest BCUT2D eigenvalue weighted by molar-refractivity contribution is 0.365. The molecule has 0 spiro atoms. The van der Waals surface area contributed by atoms with Crippen molar-refractivity contribution in [2.24, 2.45) is 0 Å². The van der Waals surface area contributed by atoms with Gasteiger partial charge in [0.15, 0.2) is 6.61 Å². The summed E-state index contributed by atoms with van der Waals surface area (Å²) >= 11 is 5.71. The Kier molecular flexibility index (Phi) is 2.93. The van der Waals surface area contributed by atoms with Crippen LogP contribution in [0.2, 0.25) is 5.02 Å². The lowest BCUT2D eigenvalue weighted by Crippen LogP contribution is -1.97. The van der Waals surface area contributed by atoms with Gasteiger partial charge in [0.05, 0.1) is 5.02 Å². The number of para-hydroxylation sites is 1. The van der Waals surface area contributed by atoms with Gasteiger partial charge in [0.25, 0.3) is 0 Å². The molecule has 1 rings (SSSR count). The maximum atomic E-state index is 9.80. The van der Waals surface area contributed by atoms with Gasteiger partial charge in [-0.25, -0.2) is 0 Å². The summed E-state index contributed by atoms with van der Waals surface area (Å²) in [5, 5.41) is 0.503. The molecule has 1 radical (unpaired) electrons. The van der Waals surface area contributed by atoms with Crippen LogP contribution in [0.3, 0.4) is 0 Å².